The number of hydrogen-bond acceptors (Lipinski definition) is 6. The Labute approximate surface area is 192 Å². The Morgan fingerprint density at radius 1 is 1.22 bits per heavy atom. The third-order valence-electron chi connectivity index (χ3n) is 6.80. The lowest BCUT2D eigenvalue weighted by atomic mass is 9.80. The fraction of sp³-hybridized carbons (Fsp3) is 0.435. The number of piperidine rings is 1. The molecule has 0 saturated carbocycles. The van der Waals surface area contributed by atoms with Crippen LogP contribution in [-0.2, 0) is 0 Å². The van der Waals surface area contributed by atoms with Crippen LogP contribution in [0.1, 0.15) is 26.2 Å². The summed E-state index contributed by atoms with van der Waals surface area (Å²) in [5, 5.41) is 16.3. The lowest BCUT2D eigenvalue weighted by Gasteiger charge is -2.33. The SMILES string of the molecule is CCOc1cc(-c2ccc(N3CCC4(CCCNC4)C3)nc2)c2c3cn[nH]c3nn2c1.Cl. The molecule has 0 bridgehead atoms. The maximum absolute atomic E-state index is 5.80. The number of H-pyrrole nitrogens is 1. The molecule has 4 aromatic rings. The van der Waals surface area contributed by atoms with Gasteiger partial charge in [-0.05, 0) is 50.9 Å². The first-order valence-electron chi connectivity index (χ1n) is 11.2. The number of halogens is 1. The van der Waals surface area contributed by atoms with Crippen molar-refractivity contribution in [3.8, 4) is 16.9 Å². The zero-order valence-corrected chi connectivity index (χ0v) is 19.0. The summed E-state index contributed by atoms with van der Waals surface area (Å²) in [6.07, 6.45) is 9.56. The molecule has 168 valence electrons. The van der Waals surface area contributed by atoms with E-state index >= 15 is 0 Å². The van der Waals surface area contributed by atoms with E-state index in [1.165, 1.54) is 19.3 Å². The highest BCUT2D eigenvalue weighted by atomic mass is 35.5. The molecule has 0 amide bonds. The van der Waals surface area contributed by atoms with Gasteiger partial charge in [-0.25, -0.2) is 9.50 Å². The van der Waals surface area contributed by atoms with Crippen molar-refractivity contribution < 1.29 is 4.74 Å². The van der Waals surface area contributed by atoms with Crippen LogP contribution >= 0.6 is 12.4 Å². The number of aromatic nitrogens is 5. The molecule has 1 atom stereocenters. The summed E-state index contributed by atoms with van der Waals surface area (Å²) in [5.74, 6) is 1.85. The molecule has 4 aromatic heterocycles. The summed E-state index contributed by atoms with van der Waals surface area (Å²) >= 11 is 0. The molecule has 0 aromatic carbocycles. The van der Waals surface area contributed by atoms with Crippen LogP contribution in [0, 0.1) is 5.41 Å². The fourth-order valence-electron chi connectivity index (χ4n) is 5.25. The van der Waals surface area contributed by atoms with Gasteiger partial charge < -0.3 is 15.0 Å². The van der Waals surface area contributed by atoms with Gasteiger partial charge in [0.15, 0.2) is 5.65 Å². The van der Waals surface area contributed by atoms with Gasteiger partial charge in [-0.3, -0.25) is 5.10 Å². The maximum atomic E-state index is 5.80. The summed E-state index contributed by atoms with van der Waals surface area (Å²) in [6, 6.07) is 6.38. The van der Waals surface area contributed by atoms with Crippen molar-refractivity contribution in [3.63, 3.8) is 0 Å². The summed E-state index contributed by atoms with van der Waals surface area (Å²) < 4.78 is 7.67. The Morgan fingerprint density at radius 3 is 2.94 bits per heavy atom. The van der Waals surface area contributed by atoms with E-state index in [1.807, 2.05) is 30.0 Å². The quantitative estimate of drug-likeness (QED) is 0.490. The third kappa shape index (κ3) is 3.47. The van der Waals surface area contributed by atoms with Crippen molar-refractivity contribution in [1.82, 2.24) is 30.1 Å². The molecule has 0 aliphatic carbocycles. The molecule has 8 nitrogen and oxygen atoms in total. The summed E-state index contributed by atoms with van der Waals surface area (Å²) in [6.45, 7) is 7.05. The Bertz CT molecular complexity index is 1230. The highest BCUT2D eigenvalue weighted by Crippen LogP contribution is 2.39. The van der Waals surface area contributed by atoms with E-state index in [0.717, 1.165) is 65.4 Å². The lowest BCUT2D eigenvalue weighted by Crippen LogP contribution is -2.42. The number of nitrogens with one attached hydrogen (secondary N) is 2. The van der Waals surface area contributed by atoms with Gasteiger partial charge in [-0.2, -0.15) is 5.10 Å². The van der Waals surface area contributed by atoms with Crippen LogP contribution in [0.2, 0.25) is 0 Å². The molecule has 2 fully saturated rings. The molecular weight excluding hydrogens is 426 g/mol. The molecule has 2 aliphatic rings. The highest BCUT2D eigenvalue weighted by Gasteiger charge is 2.39. The summed E-state index contributed by atoms with van der Waals surface area (Å²) in [5.41, 5.74) is 4.29. The van der Waals surface area contributed by atoms with Gasteiger partial charge in [0, 0.05) is 42.4 Å². The topological polar surface area (TPSA) is 83.4 Å². The molecule has 2 aliphatic heterocycles. The smallest absolute Gasteiger partial charge is 0.178 e. The Hall–Kier alpha value is -2.84. The van der Waals surface area contributed by atoms with Gasteiger partial charge in [-0.15, -0.1) is 17.5 Å². The average Bonchev–Trinajstić information content (AvgIpc) is 3.49. The van der Waals surface area contributed by atoms with Crippen LogP contribution in [0.15, 0.2) is 36.8 Å². The van der Waals surface area contributed by atoms with E-state index < -0.39 is 0 Å². The number of hydrogen-bond donors (Lipinski definition) is 2. The van der Waals surface area contributed by atoms with Crippen LogP contribution < -0.4 is 15.0 Å². The zero-order valence-electron chi connectivity index (χ0n) is 18.2. The van der Waals surface area contributed by atoms with Crippen LogP contribution in [-0.4, -0.2) is 57.6 Å². The van der Waals surface area contributed by atoms with Crippen molar-refractivity contribution in [2.75, 3.05) is 37.7 Å². The first-order valence-corrected chi connectivity index (χ1v) is 11.2. The van der Waals surface area contributed by atoms with Crippen molar-refractivity contribution in [1.29, 1.82) is 0 Å². The number of ether oxygens (including phenoxy) is 1. The predicted octanol–water partition coefficient (Wildman–Crippen LogP) is 3.67. The van der Waals surface area contributed by atoms with Crippen LogP contribution in [0.4, 0.5) is 5.82 Å². The first kappa shape index (κ1) is 21.0. The molecule has 1 unspecified atom stereocenters. The van der Waals surface area contributed by atoms with E-state index in [0.29, 0.717) is 12.0 Å². The van der Waals surface area contributed by atoms with E-state index in [2.05, 4.69) is 43.7 Å². The van der Waals surface area contributed by atoms with E-state index in [-0.39, 0.29) is 12.4 Å². The second-order valence-corrected chi connectivity index (χ2v) is 8.80. The Balaban J connectivity index is 0.00000216. The van der Waals surface area contributed by atoms with Gasteiger partial charge in [0.1, 0.15) is 11.6 Å². The predicted molar refractivity (Wildman–Crippen MR) is 128 cm³/mol. The Morgan fingerprint density at radius 2 is 2.16 bits per heavy atom. The second-order valence-electron chi connectivity index (χ2n) is 8.80. The average molecular weight is 454 g/mol. The molecule has 0 radical (unpaired) electrons. The van der Waals surface area contributed by atoms with Crippen LogP contribution in [0.25, 0.3) is 27.7 Å². The summed E-state index contributed by atoms with van der Waals surface area (Å²) in [4.78, 5) is 7.30. The number of rotatable bonds is 4. The normalized spacial score (nSPS) is 20.8. The number of aromatic amines is 1. The number of nitrogens with zero attached hydrogens (tertiary/aromatic N) is 5. The molecule has 2 N–H and O–H groups in total. The number of pyridine rings is 2. The largest absolute Gasteiger partial charge is 0.492 e. The second kappa shape index (κ2) is 8.26. The van der Waals surface area contributed by atoms with Gasteiger partial charge in [0.25, 0.3) is 0 Å². The third-order valence-corrected chi connectivity index (χ3v) is 6.80. The molecular formula is C23H28ClN7O. The minimum atomic E-state index is 0. The van der Waals surface area contributed by atoms with Gasteiger partial charge >= 0.3 is 0 Å². The van der Waals surface area contributed by atoms with Crippen molar-refractivity contribution >= 4 is 34.8 Å². The molecule has 2 saturated heterocycles. The molecule has 9 heteroatoms. The van der Waals surface area contributed by atoms with E-state index in [1.54, 1.807) is 0 Å². The standard InChI is InChI=1S/C23H27N7O.ClH/c1-2-31-17-10-18(21-19-12-26-27-22(19)28-30(21)13-17)16-4-5-20(25-11-16)29-9-7-23(15-29)6-3-8-24-14-23;/h4-5,10-13,24H,2-3,6-9,14-15H2,1H3,(H,27,28);1H. The van der Waals surface area contributed by atoms with E-state index in [4.69, 9.17) is 9.72 Å². The molecule has 6 heterocycles. The Kier molecular flexibility index (Phi) is 5.43. The van der Waals surface area contributed by atoms with E-state index in [9.17, 15) is 0 Å². The molecule has 32 heavy (non-hydrogen) atoms. The van der Waals surface area contributed by atoms with Crippen molar-refractivity contribution in [3.05, 3.63) is 36.8 Å². The number of anilines is 1. The van der Waals surface area contributed by atoms with Gasteiger partial charge in [0.2, 0.25) is 0 Å². The van der Waals surface area contributed by atoms with Crippen LogP contribution in [0.3, 0.4) is 0 Å². The summed E-state index contributed by atoms with van der Waals surface area (Å²) in [7, 11) is 0. The first-order chi connectivity index (χ1) is 15.2. The molecule has 1 spiro atoms. The monoisotopic (exact) mass is 453 g/mol. The lowest BCUT2D eigenvalue weighted by molar-refractivity contribution is 0.239. The molecule has 6 rings (SSSR count). The van der Waals surface area contributed by atoms with Gasteiger partial charge in [0.05, 0.1) is 29.9 Å². The number of fused-ring (bicyclic) bond motifs is 3. The highest BCUT2D eigenvalue weighted by molar-refractivity contribution is 6.00. The fourth-order valence-corrected chi connectivity index (χ4v) is 5.25. The minimum Gasteiger partial charge on any atom is -0.492 e. The van der Waals surface area contributed by atoms with Crippen molar-refractivity contribution in [2.24, 2.45) is 5.41 Å². The maximum Gasteiger partial charge on any atom is 0.178 e. The minimum absolute atomic E-state index is 0. The van der Waals surface area contributed by atoms with Gasteiger partial charge in [-0.1, -0.05) is 0 Å². The zero-order chi connectivity index (χ0) is 20.8. The van der Waals surface area contributed by atoms with Crippen molar-refractivity contribution in [2.45, 2.75) is 26.2 Å². The van der Waals surface area contributed by atoms with Crippen LogP contribution in [0.5, 0.6) is 5.75 Å².